The van der Waals surface area contributed by atoms with E-state index in [0.29, 0.717) is 58.2 Å². The van der Waals surface area contributed by atoms with Gasteiger partial charge in [-0.05, 0) is 37.9 Å². The van der Waals surface area contributed by atoms with Gasteiger partial charge >= 0.3 is 0 Å². The van der Waals surface area contributed by atoms with Crippen molar-refractivity contribution >= 4 is 46.0 Å². The molecule has 0 radical (unpaired) electrons. The van der Waals surface area contributed by atoms with Crippen LogP contribution in [0.5, 0.6) is 11.5 Å². The number of ether oxygens (including phenoxy) is 2. The zero-order valence-electron chi connectivity index (χ0n) is 22.2. The Labute approximate surface area is 237 Å². The second-order valence-corrected chi connectivity index (χ2v) is 10.2. The zero-order chi connectivity index (χ0) is 28.3. The van der Waals surface area contributed by atoms with Crippen LogP contribution in [0.1, 0.15) is 0 Å². The number of benzene rings is 2. The van der Waals surface area contributed by atoms with Crippen molar-refractivity contribution in [3.63, 3.8) is 0 Å². The van der Waals surface area contributed by atoms with Crippen LogP contribution < -0.4 is 20.1 Å². The predicted octanol–water partition coefficient (Wildman–Crippen LogP) is 3.27. The second-order valence-electron chi connectivity index (χ2n) is 9.49. The Morgan fingerprint density at radius 3 is 2.49 bits per heavy atom. The van der Waals surface area contributed by atoms with E-state index in [2.05, 4.69) is 27.2 Å². The van der Waals surface area contributed by atoms with Crippen LogP contribution in [-0.4, -0.2) is 97.0 Å². The van der Waals surface area contributed by atoms with Crippen molar-refractivity contribution < 1.29 is 19.4 Å². The minimum atomic E-state index is -0.909. The lowest BCUT2D eigenvalue weighted by Gasteiger charge is -2.22. The Morgan fingerprint density at radius 2 is 1.87 bits per heavy atom. The lowest BCUT2D eigenvalue weighted by Crippen LogP contribution is -2.47. The van der Waals surface area contributed by atoms with Gasteiger partial charge in [-0.1, -0.05) is 35.8 Å². The molecule has 2 heterocycles. The van der Waals surface area contributed by atoms with Crippen LogP contribution >= 0.6 is 23.2 Å². The molecule has 3 aromatic rings. The van der Waals surface area contributed by atoms with Crippen LogP contribution in [0, 0.1) is 0 Å². The van der Waals surface area contributed by atoms with Crippen LogP contribution in [0.25, 0.3) is 22.0 Å². The van der Waals surface area contributed by atoms with Crippen LogP contribution in [0.2, 0.25) is 10.0 Å². The molecule has 1 aliphatic heterocycles. The van der Waals surface area contributed by atoms with Crippen molar-refractivity contribution in [2.45, 2.75) is 18.3 Å². The first-order chi connectivity index (χ1) is 18.6. The minimum Gasteiger partial charge on any atom is -0.495 e. The van der Waals surface area contributed by atoms with E-state index in [4.69, 9.17) is 32.7 Å². The number of nitrogens with zero attached hydrogens (tertiary/aromatic N) is 4. The van der Waals surface area contributed by atoms with Gasteiger partial charge in [0.2, 0.25) is 11.9 Å². The highest BCUT2D eigenvalue weighted by atomic mass is 35.5. The molecule has 0 spiro atoms. The van der Waals surface area contributed by atoms with E-state index in [1.165, 1.54) is 20.3 Å². The minimum absolute atomic E-state index is 0.00245. The van der Waals surface area contributed by atoms with E-state index in [-0.39, 0.29) is 18.0 Å². The summed E-state index contributed by atoms with van der Waals surface area (Å²) in [5.41, 5.74) is 2.04. The van der Waals surface area contributed by atoms with Gasteiger partial charge in [0.05, 0.1) is 42.4 Å². The maximum absolute atomic E-state index is 12.7. The monoisotopic (exact) mass is 574 g/mol. The number of methoxy groups -OCH3 is 2. The number of likely N-dealkylation sites (N-methyl/N-ethyl adjacent to an activating group) is 1. The van der Waals surface area contributed by atoms with E-state index in [1.54, 1.807) is 17.2 Å². The number of hydrogen-bond donors (Lipinski definition) is 3. The fourth-order valence-electron chi connectivity index (χ4n) is 4.54. The number of fused-ring (bicyclic) bond motifs is 1. The number of amides is 1. The summed E-state index contributed by atoms with van der Waals surface area (Å²) in [5.74, 6) is 1.30. The Bertz CT molecular complexity index is 1340. The van der Waals surface area contributed by atoms with Crippen LogP contribution in [0.15, 0.2) is 43.1 Å². The average Bonchev–Trinajstić information content (AvgIpc) is 3.30. The van der Waals surface area contributed by atoms with Crippen LogP contribution in [0.4, 0.5) is 5.95 Å². The quantitative estimate of drug-likeness (QED) is 0.248. The Kier molecular flexibility index (Phi) is 9.14. The molecule has 1 saturated heterocycles. The number of hydrogen-bond acceptors (Lipinski definition) is 9. The summed E-state index contributed by atoms with van der Waals surface area (Å²) < 4.78 is 10.8. The molecule has 0 aliphatic carbocycles. The lowest BCUT2D eigenvalue weighted by molar-refractivity contribution is -0.130. The van der Waals surface area contributed by atoms with E-state index < -0.39 is 6.23 Å². The summed E-state index contributed by atoms with van der Waals surface area (Å²) in [6.45, 7) is 4.78. The van der Waals surface area contributed by atoms with E-state index in [0.717, 1.165) is 10.9 Å². The number of aliphatic hydroxyl groups is 1. The summed E-state index contributed by atoms with van der Waals surface area (Å²) in [4.78, 5) is 25.5. The third-order valence-corrected chi connectivity index (χ3v) is 7.24. The predicted molar refractivity (Wildman–Crippen MR) is 154 cm³/mol. The van der Waals surface area contributed by atoms with Gasteiger partial charge < -0.3 is 29.7 Å². The molecule has 1 fully saturated rings. The number of carbonyl (C=O) groups excluding carboxylic acids is 1. The topological polar surface area (TPSA) is 112 Å². The maximum atomic E-state index is 12.7. The zero-order valence-corrected chi connectivity index (χ0v) is 23.8. The van der Waals surface area contributed by atoms with Crippen molar-refractivity contribution in [1.82, 2.24) is 25.1 Å². The Hall–Kier alpha value is -3.15. The maximum Gasteiger partial charge on any atom is 0.236 e. The molecular formula is C27H32Cl2N6O4. The molecule has 2 aromatic carbocycles. The highest BCUT2D eigenvalue weighted by molar-refractivity contribution is 6.41. The molecule has 1 aliphatic rings. The number of aliphatic hydroxyl groups excluding tert-OH is 1. The third-order valence-electron chi connectivity index (χ3n) is 6.49. The summed E-state index contributed by atoms with van der Waals surface area (Å²) in [6.07, 6.45) is 2.20. The molecule has 3 N–H and O–H groups in total. The van der Waals surface area contributed by atoms with E-state index in [1.807, 2.05) is 37.2 Å². The van der Waals surface area contributed by atoms with Crippen molar-refractivity contribution in [3.8, 4) is 22.6 Å². The smallest absolute Gasteiger partial charge is 0.236 e. The van der Waals surface area contributed by atoms with Gasteiger partial charge in [0, 0.05) is 42.3 Å². The average molecular weight is 575 g/mol. The number of rotatable bonds is 10. The first-order valence-electron chi connectivity index (χ1n) is 12.3. The van der Waals surface area contributed by atoms with Crippen molar-refractivity contribution in [2.24, 2.45) is 0 Å². The molecule has 12 heteroatoms. The van der Waals surface area contributed by atoms with Gasteiger partial charge in [0.25, 0.3) is 0 Å². The normalized spacial score (nSPS) is 17.9. The number of aromatic nitrogens is 2. The summed E-state index contributed by atoms with van der Waals surface area (Å²) in [5, 5.41) is 18.1. The first kappa shape index (κ1) is 28.8. The number of likely N-dealkylation sites (tertiary alicyclic amines) is 1. The van der Waals surface area contributed by atoms with Crippen molar-refractivity contribution in [3.05, 3.63) is 53.2 Å². The molecular weight excluding hydrogens is 543 g/mol. The largest absolute Gasteiger partial charge is 0.495 e. The highest BCUT2D eigenvalue weighted by Crippen LogP contribution is 2.46. The van der Waals surface area contributed by atoms with Gasteiger partial charge in [-0.3, -0.25) is 10.1 Å². The SMILES string of the molecule is C=CC(O)NC1CN(C(=O)CN(C)C)CC1Nc1ncc2cc(-c3c(Cl)c(OC)cc(OC)c3Cl)ccc2n1. The second kappa shape index (κ2) is 12.4. The van der Waals surface area contributed by atoms with Gasteiger partial charge in [-0.15, -0.1) is 0 Å². The van der Waals surface area contributed by atoms with Gasteiger partial charge in [-0.2, -0.15) is 0 Å². The summed E-state index contributed by atoms with van der Waals surface area (Å²) in [7, 11) is 6.76. The molecule has 208 valence electrons. The molecule has 0 bridgehead atoms. The van der Waals surface area contributed by atoms with Gasteiger partial charge in [0.1, 0.15) is 17.7 Å². The molecule has 1 aromatic heterocycles. The number of anilines is 1. The fraction of sp³-hybridized carbons (Fsp3) is 0.370. The number of halogens is 2. The Balaban J connectivity index is 1.60. The standard InChI is InChI=1S/C27H32Cl2N6O4/c1-6-22(36)31-18-12-35(23(37)14-34(2)3)13-19(18)33-27-30-11-16-9-15(7-8-17(16)32-27)24-25(28)20(38-4)10-21(39-5)26(24)29/h6-11,18-19,22,31,36H,1,12-14H2,2-5H3,(H,30,32,33). The van der Waals surface area contributed by atoms with Crippen molar-refractivity contribution in [2.75, 3.05) is 53.3 Å². The highest BCUT2D eigenvalue weighted by Gasteiger charge is 2.36. The molecule has 10 nitrogen and oxygen atoms in total. The molecule has 4 rings (SSSR count). The lowest BCUT2D eigenvalue weighted by atomic mass is 10.0. The Morgan fingerprint density at radius 1 is 1.21 bits per heavy atom. The van der Waals surface area contributed by atoms with Gasteiger partial charge in [0.15, 0.2) is 0 Å². The van der Waals surface area contributed by atoms with Crippen LogP contribution in [-0.2, 0) is 4.79 Å². The van der Waals surface area contributed by atoms with E-state index in [9.17, 15) is 9.90 Å². The first-order valence-corrected chi connectivity index (χ1v) is 13.0. The van der Waals surface area contributed by atoms with Crippen molar-refractivity contribution in [1.29, 1.82) is 0 Å². The number of carbonyl (C=O) groups is 1. The van der Waals surface area contributed by atoms with Crippen LogP contribution in [0.3, 0.4) is 0 Å². The third kappa shape index (κ3) is 6.37. The van der Waals surface area contributed by atoms with Gasteiger partial charge in [-0.25, -0.2) is 9.97 Å². The molecule has 3 atom stereocenters. The molecule has 1 amide bonds. The van der Waals surface area contributed by atoms with E-state index >= 15 is 0 Å². The number of nitrogens with one attached hydrogen (secondary N) is 2. The summed E-state index contributed by atoms with van der Waals surface area (Å²) >= 11 is 13.2. The molecule has 3 unspecified atom stereocenters. The molecule has 39 heavy (non-hydrogen) atoms. The molecule has 0 saturated carbocycles. The fourth-order valence-corrected chi connectivity index (χ4v) is 5.26. The summed E-state index contributed by atoms with van der Waals surface area (Å²) in [6, 6.07) is 6.79.